The van der Waals surface area contributed by atoms with Gasteiger partial charge >= 0.3 is 0 Å². The van der Waals surface area contributed by atoms with Crippen molar-refractivity contribution < 1.29 is 0 Å². The SMILES string of the molecule is Nc1cc2ccccc2cc1CNc1ccccc1. The predicted molar refractivity (Wildman–Crippen MR) is 82.1 cm³/mol. The number of hydrogen-bond donors (Lipinski definition) is 2. The first kappa shape index (κ1) is 11.6. The Morgan fingerprint density at radius 1 is 0.789 bits per heavy atom. The molecule has 0 fully saturated rings. The average Bonchev–Trinajstić information content (AvgIpc) is 2.46. The van der Waals surface area contributed by atoms with Crippen molar-refractivity contribution in [3.05, 3.63) is 72.3 Å². The summed E-state index contributed by atoms with van der Waals surface area (Å²) in [5.41, 5.74) is 9.18. The second-order valence-electron chi connectivity index (χ2n) is 4.62. The lowest BCUT2D eigenvalue weighted by atomic mass is 10.0. The second kappa shape index (κ2) is 5.02. The topological polar surface area (TPSA) is 38.0 Å². The molecule has 3 rings (SSSR count). The number of hydrogen-bond acceptors (Lipinski definition) is 2. The summed E-state index contributed by atoms with van der Waals surface area (Å²) in [6.07, 6.45) is 0. The Balaban J connectivity index is 1.86. The highest BCUT2D eigenvalue weighted by molar-refractivity contribution is 5.86. The fourth-order valence-electron chi connectivity index (χ4n) is 2.21. The Bertz CT molecular complexity index is 690. The van der Waals surface area contributed by atoms with Gasteiger partial charge in [0.2, 0.25) is 0 Å². The van der Waals surface area contributed by atoms with Crippen molar-refractivity contribution in [2.24, 2.45) is 0 Å². The molecule has 0 saturated heterocycles. The first-order chi connectivity index (χ1) is 9.33. The van der Waals surface area contributed by atoms with Crippen LogP contribution in [0.25, 0.3) is 10.8 Å². The van der Waals surface area contributed by atoms with Crippen LogP contribution in [0, 0.1) is 0 Å². The van der Waals surface area contributed by atoms with Crippen molar-refractivity contribution in [2.45, 2.75) is 6.54 Å². The van der Waals surface area contributed by atoms with E-state index in [1.165, 1.54) is 10.8 Å². The summed E-state index contributed by atoms with van der Waals surface area (Å²) in [5, 5.41) is 5.79. The largest absolute Gasteiger partial charge is 0.398 e. The molecule has 0 aliphatic heterocycles. The van der Waals surface area contributed by atoms with Gasteiger partial charge in [-0.05, 0) is 40.6 Å². The Kier molecular flexibility index (Phi) is 3.07. The molecule has 0 bridgehead atoms. The predicted octanol–water partition coefficient (Wildman–Crippen LogP) is 4.03. The van der Waals surface area contributed by atoms with E-state index < -0.39 is 0 Å². The van der Waals surface area contributed by atoms with E-state index in [2.05, 4.69) is 35.6 Å². The minimum absolute atomic E-state index is 0.737. The van der Waals surface area contributed by atoms with Crippen molar-refractivity contribution in [3.8, 4) is 0 Å². The van der Waals surface area contributed by atoms with E-state index in [0.29, 0.717) is 0 Å². The molecular weight excluding hydrogens is 232 g/mol. The molecule has 0 unspecified atom stereocenters. The first-order valence-corrected chi connectivity index (χ1v) is 6.39. The first-order valence-electron chi connectivity index (χ1n) is 6.39. The molecule has 0 amide bonds. The molecule has 0 heterocycles. The van der Waals surface area contributed by atoms with Gasteiger partial charge in [0, 0.05) is 17.9 Å². The van der Waals surface area contributed by atoms with E-state index in [9.17, 15) is 0 Å². The number of rotatable bonds is 3. The van der Waals surface area contributed by atoms with Crippen LogP contribution in [-0.4, -0.2) is 0 Å². The maximum Gasteiger partial charge on any atom is 0.0421 e. The van der Waals surface area contributed by atoms with Crippen LogP contribution in [-0.2, 0) is 6.54 Å². The summed E-state index contributed by atoms with van der Waals surface area (Å²) in [6.45, 7) is 0.737. The van der Waals surface area contributed by atoms with E-state index in [1.54, 1.807) is 0 Å². The van der Waals surface area contributed by atoms with E-state index in [4.69, 9.17) is 5.73 Å². The van der Waals surface area contributed by atoms with Crippen LogP contribution in [0.15, 0.2) is 66.7 Å². The van der Waals surface area contributed by atoms with Crippen molar-refractivity contribution in [2.75, 3.05) is 11.1 Å². The fourth-order valence-corrected chi connectivity index (χ4v) is 2.21. The van der Waals surface area contributed by atoms with E-state index in [-0.39, 0.29) is 0 Å². The van der Waals surface area contributed by atoms with Crippen molar-refractivity contribution in [1.82, 2.24) is 0 Å². The van der Waals surface area contributed by atoms with Gasteiger partial charge in [0.15, 0.2) is 0 Å². The van der Waals surface area contributed by atoms with Crippen LogP contribution in [0.3, 0.4) is 0 Å². The Labute approximate surface area is 112 Å². The molecule has 0 saturated carbocycles. The Morgan fingerprint density at radius 2 is 1.42 bits per heavy atom. The van der Waals surface area contributed by atoms with Crippen LogP contribution in [0.2, 0.25) is 0 Å². The summed E-state index contributed by atoms with van der Waals surface area (Å²) in [4.78, 5) is 0. The lowest BCUT2D eigenvalue weighted by molar-refractivity contribution is 1.16. The highest BCUT2D eigenvalue weighted by Gasteiger charge is 2.02. The molecule has 0 radical (unpaired) electrons. The second-order valence-corrected chi connectivity index (χ2v) is 4.62. The van der Waals surface area contributed by atoms with Crippen LogP contribution < -0.4 is 11.1 Å². The number of nitrogens with two attached hydrogens (primary N) is 1. The van der Waals surface area contributed by atoms with Gasteiger partial charge in [0.05, 0.1) is 0 Å². The third-order valence-corrected chi connectivity index (χ3v) is 3.26. The normalized spacial score (nSPS) is 10.5. The molecule has 0 spiro atoms. The van der Waals surface area contributed by atoms with Gasteiger partial charge < -0.3 is 11.1 Å². The summed E-state index contributed by atoms with van der Waals surface area (Å²) in [5.74, 6) is 0. The zero-order chi connectivity index (χ0) is 13.1. The fraction of sp³-hybridized carbons (Fsp3) is 0.0588. The standard InChI is InChI=1S/C17H16N2/c18-17-11-14-7-5-4-6-13(14)10-15(17)12-19-16-8-2-1-3-9-16/h1-11,19H,12,18H2. The summed E-state index contributed by atoms with van der Waals surface area (Å²) in [6, 6.07) is 22.6. The van der Waals surface area contributed by atoms with Crippen LogP contribution in [0.5, 0.6) is 0 Å². The van der Waals surface area contributed by atoms with Gasteiger partial charge in [-0.3, -0.25) is 0 Å². The maximum absolute atomic E-state index is 6.11. The molecule has 0 aromatic heterocycles. The minimum atomic E-state index is 0.737. The minimum Gasteiger partial charge on any atom is -0.398 e. The highest BCUT2D eigenvalue weighted by atomic mass is 14.9. The molecule has 0 aliphatic rings. The van der Waals surface area contributed by atoms with E-state index >= 15 is 0 Å². The van der Waals surface area contributed by atoms with Gasteiger partial charge in [0.25, 0.3) is 0 Å². The quantitative estimate of drug-likeness (QED) is 0.687. The Hall–Kier alpha value is -2.48. The number of nitrogens with one attached hydrogen (secondary N) is 1. The lowest BCUT2D eigenvalue weighted by Crippen LogP contribution is -2.02. The van der Waals surface area contributed by atoms with Crippen molar-refractivity contribution in [1.29, 1.82) is 0 Å². The van der Waals surface area contributed by atoms with Crippen molar-refractivity contribution >= 4 is 22.1 Å². The third kappa shape index (κ3) is 2.52. The number of nitrogen functional groups attached to an aromatic ring is 1. The van der Waals surface area contributed by atoms with E-state index in [1.807, 2.05) is 36.4 Å². The van der Waals surface area contributed by atoms with Gasteiger partial charge in [0.1, 0.15) is 0 Å². The van der Waals surface area contributed by atoms with Gasteiger partial charge in [-0.15, -0.1) is 0 Å². The molecular formula is C17H16N2. The summed E-state index contributed by atoms with van der Waals surface area (Å²) >= 11 is 0. The number of anilines is 2. The van der Waals surface area contributed by atoms with Crippen LogP contribution >= 0.6 is 0 Å². The molecule has 94 valence electrons. The van der Waals surface area contributed by atoms with Gasteiger partial charge in [-0.2, -0.15) is 0 Å². The van der Waals surface area contributed by atoms with Crippen molar-refractivity contribution in [3.63, 3.8) is 0 Å². The average molecular weight is 248 g/mol. The third-order valence-electron chi connectivity index (χ3n) is 3.26. The molecule has 2 heteroatoms. The number of fused-ring (bicyclic) bond motifs is 1. The van der Waals surface area contributed by atoms with Gasteiger partial charge in [-0.1, -0.05) is 42.5 Å². The Morgan fingerprint density at radius 3 is 2.16 bits per heavy atom. The van der Waals surface area contributed by atoms with Crippen LogP contribution in [0.1, 0.15) is 5.56 Å². The molecule has 3 N–H and O–H groups in total. The maximum atomic E-state index is 6.11. The zero-order valence-corrected chi connectivity index (χ0v) is 10.6. The molecule has 0 atom stereocenters. The number of para-hydroxylation sites is 1. The molecule has 3 aromatic rings. The van der Waals surface area contributed by atoms with Gasteiger partial charge in [-0.25, -0.2) is 0 Å². The monoisotopic (exact) mass is 248 g/mol. The number of benzene rings is 3. The molecule has 0 aliphatic carbocycles. The summed E-state index contributed by atoms with van der Waals surface area (Å²) in [7, 11) is 0. The summed E-state index contributed by atoms with van der Waals surface area (Å²) < 4.78 is 0. The zero-order valence-electron chi connectivity index (χ0n) is 10.6. The smallest absolute Gasteiger partial charge is 0.0421 e. The molecule has 2 nitrogen and oxygen atoms in total. The van der Waals surface area contributed by atoms with Crippen LogP contribution in [0.4, 0.5) is 11.4 Å². The molecule has 3 aromatic carbocycles. The lowest BCUT2D eigenvalue weighted by Gasteiger charge is -2.10. The highest BCUT2D eigenvalue weighted by Crippen LogP contribution is 2.22. The molecule has 19 heavy (non-hydrogen) atoms. The van der Waals surface area contributed by atoms with E-state index in [0.717, 1.165) is 23.5 Å².